The lowest BCUT2D eigenvalue weighted by molar-refractivity contribution is -0.0505. The summed E-state index contributed by atoms with van der Waals surface area (Å²) in [5.41, 5.74) is 2.57. The molecule has 3 heteroatoms. The first-order valence-electron chi connectivity index (χ1n) is 8.18. The molecule has 0 radical (unpaired) electrons. The number of rotatable bonds is 0. The summed E-state index contributed by atoms with van der Waals surface area (Å²) in [5, 5.41) is 30.2. The molecular weight excluding hydrogens is 276 g/mol. The van der Waals surface area contributed by atoms with Gasteiger partial charge in [-0.1, -0.05) is 20.4 Å². The van der Waals surface area contributed by atoms with E-state index >= 15 is 0 Å². The number of benzene rings is 1. The third-order valence-electron chi connectivity index (χ3n) is 6.68. The zero-order chi connectivity index (χ0) is 14.8. The minimum atomic E-state index is -0.565. The van der Waals surface area contributed by atoms with Crippen molar-refractivity contribution in [3.05, 3.63) is 29.3 Å². The second-order valence-electron chi connectivity index (χ2n) is 7.59. The predicted molar refractivity (Wildman–Crippen MR) is 86.9 cm³/mol. The van der Waals surface area contributed by atoms with Crippen LogP contribution in [0.3, 0.4) is 0 Å². The zero-order valence-electron chi connectivity index (χ0n) is 12.5. The fraction of sp³-hybridized carbons (Fsp3) is 0.684. The second kappa shape index (κ2) is 5.24. The van der Waals surface area contributed by atoms with Crippen LogP contribution in [0.4, 0.5) is 0 Å². The van der Waals surface area contributed by atoms with Crippen molar-refractivity contribution in [2.45, 2.75) is 64.6 Å². The van der Waals surface area contributed by atoms with E-state index in [4.69, 9.17) is 0 Å². The van der Waals surface area contributed by atoms with Gasteiger partial charge in [0, 0.05) is 0 Å². The van der Waals surface area contributed by atoms with Gasteiger partial charge in [0.15, 0.2) is 0 Å². The van der Waals surface area contributed by atoms with Crippen molar-refractivity contribution in [1.82, 2.24) is 0 Å². The summed E-state index contributed by atoms with van der Waals surface area (Å²) in [4.78, 5) is 0. The van der Waals surface area contributed by atoms with Crippen LogP contribution in [0, 0.1) is 17.3 Å². The Labute approximate surface area is 133 Å². The van der Waals surface area contributed by atoms with Crippen LogP contribution in [0.2, 0.25) is 0 Å². The average Bonchev–Trinajstić information content (AvgIpc) is 2.70. The molecule has 6 atom stereocenters. The molecule has 0 saturated heterocycles. The van der Waals surface area contributed by atoms with Crippen molar-refractivity contribution in [2.75, 3.05) is 0 Å². The molecule has 22 heavy (non-hydrogen) atoms. The van der Waals surface area contributed by atoms with E-state index in [-0.39, 0.29) is 12.8 Å². The van der Waals surface area contributed by atoms with Crippen molar-refractivity contribution >= 4 is 0 Å². The van der Waals surface area contributed by atoms with E-state index in [2.05, 4.69) is 13.0 Å². The van der Waals surface area contributed by atoms with Gasteiger partial charge in [-0.15, -0.1) is 0 Å². The van der Waals surface area contributed by atoms with E-state index in [1.807, 2.05) is 6.07 Å². The van der Waals surface area contributed by atoms with Crippen LogP contribution >= 0.6 is 0 Å². The number of phenolic OH excluding ortho intramolecular Hbond substituents is 1. The topological polar surface area (TPSA) is 60.7 Å². The molecule has 2 saturated carbocycles. The van der Waals surface area contributed by atoms with Gasteiger partial charge < -0.3 is 15.3 Å². The zero-order valence-corrected chi connectivity index (χ0v) is 12.5. The third-order valence-corrected chi connectivity index (χ3v) is 6.68. The van der Waals surface area contributed by atoms with Crippen LogP contribution < -0.4 is 0 Å². The SMILES string of the molecule is C.C[C@]12CCC3c4ccc(O)cc4CCC3C1C[C@@H](O)[C@@H]2O. The molecule has 4 rings (SSSR count). The monoisotopic (exact) mass is 304 g/mol. The Morgan fingerprint density at radius 3 is 2.73 bits per heavy atom. The second-order valence-corrected chi connectivity index (χ2v) is 7.59. The number of aliphatic hydroxyl groups excluding tert-OH is 2. The van der Waals surface area contributed by atoms with E-state index in [1.54, 1.807) is 6.07 Å². The molecule has 1 aromatic rings. The number of hydrogen-bond donors (Lipinski definition) is 3. The minimum Gasteiger partial charge on any atom is -0.508 e. The average molecular weight is 304 g/mol. The molecule has 3 N–H and O–H groups in total. The molecule has 122 valence electrons. The fourth-order valence-electron chi connectivity index (χ4n) is 5.56. The lowest BCUT2D eigenvalue weighted by Crippen LogP contribution is -2.44. The van der Waals surface area contributed by atoms with E-state index in [0.717, 1.165) is 32.1 Å². The van der Waals surface area contributed by atoms with Crippen molar-refractivity contribution in [2.24, 2.45) is 17.3 Å². The number of phenols is 1. The van der Waals surface area contributed by atoms with E-state index in [0.29, 0.717) is 23.5 Å². The van der Waals surface area contributed by atoms with E-state index in [1.165, 1.54) is 11.1 Å². The summed E-state index contributed by atoms with van der Waals surface area (Å²) in [7, 11) is 0. The Kier molecular flexibility index (Phi) is 3.77. The number of fused-ring (bicyclic) bond motifs is 5. The fourth-order valence-corrected chi connectivity index (χ4v) is 5.56. The summed E-state index contributed by atoms with van der Waals surface area (Å²) >= 11 is 0. The Morgan fingerprint density at radius 2 is 1.95 bits per heavy atom. The molecular formula is C19H28O3. The van der Waals surface area contributed by atoms with Crippen LogP contribution in [0.1, 0.15) is 57.1 Å². The maximum atomic E-state index is 10.4. The molecule has 3 aliphatic rings. The molecule has 0 bridgehead atoms. The predicted octanol–water partition coefficient (Wildman–Crippen LogP) is 3.22. The van der Waals surface area contributed by atoms with Crippen molar-refractivity contribution in [3.8, 4) is 5.75 Å². The Morgan fingerprint density at radius 1 is 1.18 bits per heavy atom. The van der Waals surface area contributed by atoms with Crippen LogP contribution in [-0.4, -0.2) is 27.5 Å². The first kappa shape index (κ1) is 15.8. The highest BCUT2D eigenvalue weighted by Gasteiger charge is 2.57. The molecule has 1 aromatic carbocycles. The first-order chi connectivity index (χ1) is 10.0. The van der Waals surface area contributed by atoms with Gasteiger partial charge in [0.1, 0.15) is 5.75 Å². The van der Waals surface area contributed by atoms with Gasteiger partial charge in [0.25, 0.3) is 0 Å². The molecule has 3 aliphatic carbocycles. The van der Waals surface area contributed by atoms with Gasteiger partial charge in [0.2, 0.25) is 0 Å². The maximum absolute atomic E-state index is 10.4. The molecule has 0 aliphatic heterocycles. The molecule has 3 unspecified atom stereocenters. The molecule has 0 aromatic heterocycles. The maximum Gasteiger partial charge on any atom is 0.115 e. The Balaban J connectivity index is 0.00000144. The summed E-state index contributed by atoms with van der Waals surface area (Å²) in [6.07, 6.45) is 3.80. The summed E-state index contributed by atoms with van der Waals surface area (Å²) in [6, 6.07) is 5.80. The van der Waals surface area contributed by atoms with Crippen LogP contribution in [0.5, 0.6) is 5.75 Å². The van der Waals surface area contributed by atoms with Gasteiger partial charge in [-0.3, -0.25) is 0 Å². The highest BCUT2D eigenvalue weighted by Crippen LogP contribution is 2.60. The lowest BCUT2D eigenvalue weighted by Gasteiger charge is -2.49. The highest BCUT2D eigenvalue weighted by atomic mass is 16.3. The van der Waals surface area contributed by atoms with E-state index in [9.17, 15) is 15.3 Å². The van der Waals surface area contributed by atoms with Gasteiger partial charge in [-0.05, 0) is 78.5 Å². The number of aromatic hydroxyl groups is 1. The minimum absolute atomic E-state index is 0. The number of aliphatic hydroxyl groups is 2. The van der Waals surface area contributed by atoms with E-state index < -0.39 is 12.2 Å². The van der Waals surface area contributed by atoms with Crippen molar-refractivity contribution < 1.29 is 15.3 Å². The molecule has 0 heterocycles. The van der Waals surface area contributed by atoms with Gasteiger partial charge in [-0.25, -0.2) is 0 Å². The molecule has 3 nitrogen and oxygen atoms in total. The van der Waals surface area contributed by atoms with Crippen LogP contribution in [0.25, 0.3) is 0 Å². The number of hydrogen-bond acceptors (Lipinski definition) is 3. The van der Waals surface area contributed by atoms with Crippen LogP contribution in [0.15, 0.2) is 18.2 Å². The third kappa shape index (κ3) is 2.02. The number of aryl methyl sites for hydroxylation is 1. The summed E-state index contributed by atoms with van der Waals surface area (Å²) < 4.78 is 0. The highest BCUT2D eigenvalue weighted by molar-refractivity contribution is 5.40. The molecule has 2 fully saturated rings. The normalized spacial score (nSPS) is 42.8. The molecule has 0 spiro atoms. The smallest absolute Gasteiger partial charge is 0.115 e. The lowest BCUT2D eigenvalue weighted by atomic mass is 9.55. The van der Waals surface area contributed by atoms with Gasteiger partial charge >= 0.3 is 0 Å². The van der Waals surface area contributed by atoms with Crippen molar-refractivity contribution in [3.63, 3.8) is 0 Å². The van der Waals surface area contributed by atoms with Gasteiger partial charge in [-0.2, -0.15) is 0 Å². The Hall–Kier alpha value is -1.06. The quantitative estimate of drug-likeness (QED) is 0.689. The standard InChI is InChI=1S/C18H24O3.CH4/c1-18-7-6-13-12-5-3-11(19)8-10(12)2-4-14(13)15(18)9-16(20)17(18)21;/h3,5,8,13-17,19-21H,2,4,6-7,9H2,1H3;1H4/t13?,14?,15?,16-,17+,18+;/m1./s1. The molecule has 0 amide bonds. The largest absolute Gasteiger partial charge is 0.508 e. The summed E-state index contributed by atoms with van der Waals surface area (Å²) in [6.45, 7) is 2.17. The van der Waals surface area contributed by atoms with Gasteiger partial charge in [0.05, 0.1) is 12.2 Å². The van der Waals surface area contributed by atoms with Crippen molar-refractivity contribution in [1.29, 1.82) is 0 Å². The van der Waals surface area contributed by atoms with Crippen LogP contribution in [-0.2, 0) is 6.42 Å². The summed E-state index contributed by atoms with van der Waals surface area (Å²) in [5.74, 6) is 1.88. The first-order valence-corrected chi connectivity index (χ1v) is 8.18. The Bertz CT molecular complexity index is 570.